The van der Waals surface area contributed by atoms with Gasteiger partial charge in [0.1, 0.15) is 18.4 Å². The molecule has 0 unspecified atom stereocenters. The maximum absolute atomic E-state index is 13.0. The van der Waals surface area contributed by atoms with Crippen LogP contribution in [0.3, 0.4) is 0 Å². The van der Waals surface area contributed by atoms with Crippen molar-refractivity contribution in [2.45, 2.75) is 45.4 Å². The van der Waals surface area contributed by atoms with Crippen molar-refractivity contribution in [2.75, 3.05) is 5.88 Å². The summed E-state index contributed by atoms with van der Waals surface area (Å²) in [6, 6.07) is 13.0. The van der Waals surface area contributed by atoms with Crippen molar-refractivity contribution < 1.29 is 29.0 Å². The van der Waals surface area contributed by atoms with E-state index in [2.05, 4.69) is 10.6 Å². The third-order valence-corrected chi connectivity index (χ3v) is 5.18. The Hall–Kier alpha value is -3.39. The van der Waals surface area contributed by atoms with Gasteiger partial charge in [0, 0.05) is 6.42 Å². The Balaban J connectivity index is 2.11. The van der Waals surface area contributed by atoms with Crippen molar-refractivity contribution in [3.63, 3.8) is 0 Å². The molecule has 9 heteroatoms. The van der Waals surface area contributed by atoms with Crippen molar-refractivity contribution in [1.29, 1.82) is 0 Å². The van der Waals surface area contributed by atoms with E-state index in [1.807, 2.05) is 32.0 Å². The van der Waals surface area contributed by atoms with Gasteiger partial charge >= 0.3 is 6.09 Å². The topological polar surface area (TPSA) is 122 Å². The van der Waals surface area contributed by atoms with Crippen LogP contribution in [-0.2, 0) is 32.1 Å². The fraction of sp³-hybridized carbons (Fsp3) is 0.360. The maximum Gasteiger partial charge on any atom is 0.408 e. The number of halogens is 1. The first-order chi connectivity index (χ1) is 16.2. The van der Waals surface area contributed by atoms with Crippen LogP contribution in [-0.4, -0.2) is 46.6 Å². The quantitative estimate of drug-likeness (QED) is 0.311. The zero-order valence-electron chi connectivity index (χ0n) is 19.1. The first-order valence-electron chi connectivity index (χ1n) is 10.9. The van der Waals surface area contributed by atoms with Gasteiger partial charge in [0.25, 0.3) is 0 Å². The Labute approximate surface area is 203 Å². The summed E-state index contributed by atoms with van der Waals surface area (Å²) in [5.74, 6) is -2.72. The number of ether oxygens (including phenoxy) is 1. The average Bonchev–Trinajstić information content (AvgIpc) is 2.82. The van der Waals surface area contributed by atoms with Crippen LogP contribution in [0.25, 0.3) is 0 Å². The van der Waals surface area contributed by atoms with Gasteiger partial charge in [0.15, 0.2) is 0 Å². The summed E-state index contributed by atoms with van der Waals surface area (Å²) in [7, 11) is 0. The van der Waals surface area contributed by atoms with E-state index in [0.717, 1.165) is 5.56 Å². The SMILES string of the molecule is CC(C)C[C@H](NC(=O)OCc1ccccc1)C(=O)N[C@@H](Cc1ccc(O)cc1)C(=O)C(=O)CCl. The number of carbonyl (C=O) groups is 4. The lowest BCUT2D eigenvalue weighted by Crippen LogP contribution is -2.53. The molecule has 0 aliphatic carbocycles. The number of nitrogens with one attached hydrogen (secondary N) is 2. The van der Waals surface area contributed by atoms with Gasteiger partial charge in [0.05, 0.1) is 11.9 Å². The number of hydrogen-bond acceptors (Lipinski definition) is 6. The Kier molecular flexibility index (Phi) is 10.5. The van der Waals surface area contributed by atoms with Crippen molar-refractivity contribution in [3.8, 4) is 5.75 Å². The number of Topliss-reactive ketones (excluding diaryl/α,β-unsaturated/α-hetero) is 2. The molecule has 0 spiro atoms. The fourth-order valence-electron chi connectivity index (χ4n) is 3.22. The van der Waals surface area contributed by atoms with E-state index >= 15 is 0 Å². The normalized spacial score (nSPS) is 12.5. The largest absolute Gasteiger partial charge is 0.508 e. The highest BCUT2D eigenvalue weighted by Crippen LogP contribution is 2.13. The molecule has 3 N–H and O–H groups in total. The molecular formula is C25H29ClN2O6. The number of alkyl carbamates (subject to hydrolysis) is 1. The van der Waals surface area contributed by atoms with Crippen LogP contribution < -0.4 is 10.6 Å². The summed E-state index contributed by atoms with van der Waals surface area (Å²) < 4.78 is 5.21. The predicted octanol–water partition coefficient (Wildman–Crippen LogP) is 3.14. The van der Waals surface area contributed by atoms with Gasteiger partial charge < -0.3 is 20.5 Å². The van der Waals surface area contributed by atoms with Crippen LogP contribution in [0.2, 0.25) is 0 Å². The molecule has 0 aromatic heterocycles. The molecule has 0 saturated carbocycles. The van der Waals surface area contributed by atoms with Crippen LogP contribution >= 0.6 is 11.6 Å². The van der Waals surface area contributed by atoms with Crippen molar-refractivity contribution >= 4 is 35.2 Å². The minimum Gasteiger partial charge on any atom is -0.508 e. The Morgan fingerprint density at radius 3 is 2.15 bits per heavy atom. The van der Waals surface area contributed by atoms with Crippen LogP contribution in [0.4, 0.5) is 4.79 Å². The van der Waals surface area contributed by atoms with E-state index in [9.17, 15) is 24.3 Å². The number of hydrogen-bond donors (Lipinski definition) is 3. The summed E-state index contributed by atoms with van der Waals surface area (Å²) in [6.07, 6.45) is -0.473. The lowest BCUT2D eigenvalue weighted by atomic mass is 9.98. The number of phenolic OH excluding ortho intramolecular Hbond substituents is 1. The van der Waals surface area contributed by atoms with E-state index in [0.29, 0.717) is 5.56 Å². The molecule has 2 aromatic carbocycles. The second-order valence-electron chi connectivity index (χ2n) is 8.24. The molecule has 0 bridgehead atoms. The van der Waals surface area contributed by atoms with E-state index in [1.165, 1.54) is 12.1 Å². The van der Waals surface area contributed by atoms with E-state index in [4.69, 9.17) is 16.3 Å². The molecule has 0 aliphatic heterocycles. The second-order valence-corrected chi connectivity index (χ2v) is 8.51. The summed E-state index contributed by atoms with van der Waals surface area (Å²) >= 11 is 5.55. The molecule has 34 heavy (non-hydrogen) atoms. The molecule has 0 heterocycles. The molecule has 0 radical (unpaired) electrons. The van der Waals surface area contributed by atoms with Gasteiger partial charge in [-0.2, -0.15) is 0 Å². The molecule has 0 aliphatic rings. The van der Waals surface area contributed by atoms with Crippen molar-refractivity contribution in [3.05, 3.63) is 65.7 Å². The minimum atomic E-state index is -1.18. The Bertz CT molecular complexity index is 979. The number of carbonyl (C=O) groups excluding carboxylic acids is 4. The number of amides is 2. The lowest BCUT2D eigenvalue weighted by molar-refractivity contribution is -0.137. The first-order valence-corrected chi connectivity index (χ1v) is 11.4. The van der Waals surface area contributed by atoms with Crippen molar-refractivity contribution in [1.82, 2.24) is 10.6 Å². The van der Waals surface area contributed by atoms with Gasteiger partial charge in [-0.25, -0.2) is 4.79 Å². The van der Waals surface area contributed by atoms with Crippen LogP contribution in [0.5, 0.6) is 5.75 Å². The number of rotatable bonds is 12. The first kappa shape index (κ1) is 26.9. The highest BCUT2D eigenvalue weighted by Gasteiger charge is 2.30. The highest BCUT2D eigenvalue weighted by molar-refractivity contribution is 6.48. The molecule has 182 valence electrons. The van der Waals surface area contributed by atoms with Crippen LogP contribution in [0.1, 0.15) is 31.4 Å². The maximum atomic E-state index is 13.0. The zero-order valence-corrected chi connectivity index (χ0v) is 19.9. The average molecular weight is 489 g/mol. The third-order valence-electron chi connectivity index (χ3n) is 4.93. The smallest absolute Gasteiger partial charge is 0.408 e. The van der Waals surface area contributed by atoms with E-state index in [1.54, 1.807) is 24.3 Å². The molecule has 2 aromatic rings. The molecule has 8 nitrogen and oxygen atoms in total. The molecular weight excluding hydrogens is 460 g/mol. The number of benzene rings is 2. The van der Waals surface area contributed by atoms with Gasteiger partial charge in [-0.05, 0) is 35.6 Å². The molecule has 2 rings (SSSR count). The number of ketones is 2. The second kappa shape index (κ2) is 13.3. The molecule has 2 amide bonds. The lowest BCUT2D eigenvalue weighted by Gasteiger charge is -2.23. The standard InChI is InChI=1S/C25H29ClN2O6/c1-16(2)12-21(28-25(33)34-15-18-6-4-3-5-7-18)24(32)27-20(23(31)22(30)14-26)13-17-8-10-19(29)11-9-17/h3-11,16,20-21,29H,12-15H2,1-2H3,(H,27,32)(H,28,33)/t20-,21-/m0/s1. The summed E-state index contributed by atoms with van der Waals surface area (Å²) in [6.45, 7) is 3.80. The number of alkyl halides is 1. The number of aromatic hydroxyl groups is 1. The zero-order chi connectivity index (χ0) is 25.1. The summed E-state index contributed by atoms with van der Waals surface area (Å²) in [5.41, 5.74) is 1.41. The van der Waals surface area contributed by atoms with Crippen LogP contribution in [0, 0.1) is 5.92 Å². The number of phenols is 1. The summed E-state index contributed by atoms with van der Waals surface area (Å²) in [4.78, 5) is 49.9. The third kappa shape index (κ3) is 8.86. The monoisotopic (exact) mass is 488 g/mol. The van der Waals surface area contributed by atoms with E-state index < -0.39 is 41.5 Å². The molecule has 0 saturated heterocycles. The minimum absolute atomic E-state index is 0.0142. The van der Waals surface area contributed by atoms with Crippen molar-refractivity contribution in [2.24, 2.45) is 5.92 Å². The van der Waals surface area contributed by atoms with Gasteiger partial charge in [-0.1, -0.05) is 56.3 Å². The Morgan fingerprint density at radius 1 is 0.912 bits per heavy atom. The molecule has 0 fully saturated rings. The predicted molar refractivity (Wildman–Crippen MR) is 127 cm³/mol. The van der Waals surface area contributed by atoms with E-state index in [-0.39, 0.29) is 31.1 Å². The van der Waals surface area contributed by atoms with Gasteiger partial charge in [-0.15, -0.1) is 11.6 Å². The van der Waals surface area contributed by atoms with Crippen LogP contribution in [0.15, 0.2) is 54.6 Å². The summed E-state index contributed by atoms with van der Waals surface area (Å²) in [5, 5.41) is 14.6. The molecule has 2 atom stereocenters. The van der Waals surface area contributed by atoms with Gasteiger partial charge in [-0.3, -0.25) is 14.4 Å². The highest BCUT2D eigenvalue weighted by atomic mass is 35.5. The Morgan fingerprint density at radius 2 is 1.56 bits per heavy atom. The van der Waals surface area contributed by atoms with Gasteiger partial charge in [0.2, 0.25) is 17.5 Å². The fourth-order valence-corrected chi connectivity index (χ4v) is 3.35.